The Bertz CT molecular complexity index is 182. The molecule has 0 aliphatic heterocycles. The Labute approximate surface area is 73.5 Å². The zero-order chi connectivity index (χ0) is 8.81. The maximum atomic E-state index is 8.34. The summed E-state index contributed by atoms with van der Waals surface area (Å²) in [5.74, 6) is 0.295. The third kappa shape index (κ3) is 2.47. The molecule has 68 valence electrons. The quantitative estimate of drug-likeness (QED) is 0.399. The summed E-state index contributed by atoms with van der Waals surface area (Å²) in [5.41, 5.74) is 1.40. The van der Waals surface area contributed by atoms with Crippen molar-refractivity contribution in [2.24, 2.45) is 5.92 Å². The predicted octanol–water partition coefficient (Wildman–Crippen LogP) is 2.78. The lowest BCUT2D eigenvalue weighted by molar-refractivity contribution is -0.246. The molecule has 0 bridgehead atoms. The molecule has 0 aromatic carbocycles. The average molecular weight is 168 g/mol. The highest BCUT2D eigenvalue weighted by atomic mass is 17.1. The lowest BCUT2D eigenvalue weighted by atomic mass is 9.90. The smallest absolute Gasteiger partial charge is 0.0919 e. The van der Waals surface area contributed by atoms with Crippen LogP contribution in [0.15, 0.2) is 23.8 Å². The lowest BCUT2D eigenvalue weighted by Gasteiger charge is -2.18. The maximum Gasteiger partial charge on any atom is 0.0919 e. The first kappa shape index (κ1) is 9.49. The van der Waals surface area contributed by atoms with Crippen LogP contribution >= 0.6 is 0 Å². The van der Waals surface area contributed by atoms with Gasteiger partial charge >= 0.3 is 0 Å². The second kappa shape index (κ2) is 5.12. The van der Waals surface area contributed by atoms with E-state index in [0.29, 0.717) is 12.5 Å². The fourth-order valence-electron chi connectivity index (χ4n) is 1.58. The third-order valence-electron chi connectivity index (χ3n) is 2.16. The standard InChI is InChI=1S/C10H16O2/c1-2-5-9-6-3-4-7-10(9)8-12-11/h4-5,7,10-11H,2-3,6,8H2,1H3/b9-5-. The fraction of sp³-hybridized carbons (Fsp3) is 0.600. The van der Waals surface area contributed by atoms with Crippen LogP contribution in [0.3, 0.4) is 0 Å². The molecular weight excluding hydrogens is 152 g/mol. The molecule has 1 rings (SSSR count). The van der Waals surface area contributed by atoms with Gasteiger partial charge in [-0.2, -0.15) is 0 Å². The van der Waals surface area contributed by atoms with E-state index in [0.717, 1.165) is 19.3 Å². The van der Waals surface area contributed by atoms with Gasteiger partial charge in [0, 0.05) is 5.92 Å². The Kier molecular flexibility index (Phi) is 4.05. The Morgan fingerprint density at radius 1 is 1.75 bits per heavy atom. The van der Waals surface area contributed by atoms with Crippen molar-refractivity contribution in [3.05, 3.63) is 23.8 Å². The third-order valence-corrected chi connectivity index (χ3v) is 2.16. The van der Waals surface area contributed by atoms with Crippen LogP contribution in [0.1, 0.15) is 26.2 Å². The van der Waals surface area contributed by atoms with Gasteiger partial charge in [-0.3, -0.25) is 5.26 Å². The normalized spacial score (nSPS) is 26.5. The van der Waals surface area contributed by atoms with Crippen LogP contribution in [-0.2, 0) is 4.89 Å². The van der Waals surface area contributed by atoms with Gasteiger partial charge < -0.3 is 0 Å². The van der Waals surface area contributed by atoms with E-state index in [4.69, 9.17) is 5.26 Å². The summed E-state index contributed by atoms with van der Waals surface area (Å²) in [6.07, 6.45) is 9.78. The Morgan fingerprint density at radius 3 is 3.25 bits per heavy atom. The largest absolute Gasteiger partial charge is 0.252 e. The van der Waals surface area contributed by atoms with E-state index in [1.54, 1.807) is 0 Å². The van der Waals surface area contributed by atoms with E-state index in [1.807, 2.05) is 0 Å². The first-order chi connectivity index (χ1) is 5.88. The highest BCUT2D eigenvalue weighted by Crippen LogP contribution is 2.24. The van der Waals surface area contributed by atoms with Crippen molar-refractivity contribution < 1.29 is 10.1 Å². The van der Waals surface area contributed by atoms with Crippen molar-refractivity contribution in [3.8, 4) is 0 Å². The van der Waals surface area contributed by atoms with Crippen molar-refractivity contribution in [1.29, 1.82) is 0 Å². The first-order valence-electron chi connectivity index (χ1n) is 4.50. The first-order valence-corrected chi connectivity index (χ1v) is 4.50. The van der Waals surface area contributed by atoms with Gasteiger partial charge in [-0.05, 0) is 19.3 Å². The monoisotopic (exact) mass is 168 g/mol. The molecule has 2 nitrogen and oxygen atoms in total. The van der Waals surface area contributed by atoms with Crippen molar-refractivity contribution in [1.82, 2.24) is 0 Å². The van der Waals surface area contributed by atoms with Crippen LogP contribution in [0.5, 0.6) is 0 Å². The van der Waals surface area contributed by atoms with Gasteiger partial charge in [0.1, 0.15) is 0 Å². The summed E-state index contributed by atoms with van der Waals surface area (Å²) >= 11 is 0. The summed E-state index contributed by atoms with van der Waals surface area (Å²) in [6.45, 7) is 2.52. The van der Waals surface area contributed by atoms with E-state index in [-0.39, 0.29) is 0 Å². The number of rotatable bonds is 3. The Hall–Kier alpha value is -0.600. The van der Waals surface area contributed by atoms with E-state index < -0.39 is 0 Å². The molecule has 1 N–H and O–H groups in total. The maximum absolute atomic E-state index is 8.34. The SMILES string of the molecule is CC/C=C1/CCC=CC1COO. The van der Waals surface area contributed by atoms with E-state index >= 15 is 0 Å². The molecule has 0 aromatic heterocycles. The second-order valence-corrected chi connectivity index (χ2v) is 3.06. The number of hydrogen-bond donors (Lipinski definition) is 1. The highest BCUT2D eigenvalue weighted by Gasteiger charge is 2.13. The summed E-state index contributed by atoms with van der Waals surface area (Å²) < 4.78 is 0. The molecule has 2 heteroatoms. The minimum Gasteiger partial charge on any atom is -0.252 e. The minimum atomic E-state index is 0.295. The van der Waals surface area contributed by atoms with Crippen LogP contribution in [0.2, 0.25) is 0 Å². The Balaban J connectivity index is 2.58. The van der Waals surface area contributed by atoms with Crippen molar-refractivity contribution in [2.75, 3.05) is 6.61 Å². The molecular formula is C10H16O2. The van der Waals surface area contributed by atoms with Gasteiger partial charge in [0.25, 0.3) is 0 Å². The van der Waals surface area contributed by atoms with Crippen molar-refractivity contribution in [3.63, 3.8) is 0 Å². The highest BCUT2D eigenvalue weighted by molar-refractivity contribution is 5.18. The molecule has 12 heavy (non-hydrogen) atoms. The molecule has 1 unspecified atom stereocenters. The summed E-state index contributed by atoms with van der Waals surface area (Å²) in [4.78, 5) is 4.17. The number of hydrogen-bond acceptors (Lipinski definition) is 2. The van der Waals surface area contributed by atoms with Gasteiger partial charge in [-0.25, -0.2) is 4.89 Å². The fourth-order valence-corrected chi connectivity index (χ4v) is 1.58. The van der Waals surface area contributed by atoms with E-state index in [1.165, 1.54) is 5.57 Å². The van der Waals surface area contributed by atoms with Gasteiger partial charge in [-0.15, -0.1) is 0 Å². The van der Waals surface area contributed by atoms with Crippen molar-refractivity contribution in [2.45, 2.75) is 26.2 Å². The average Bonchev–Trinajstić information content (AvgIpc) is 2.09. The molecule has 1 aliphatic carbocycles. The molecule has 0 saturated heterocycles. The van der Waals surface area contributed by atoms with Gasteiger partial charge in [0.05, 0.1) is 6.61 Å². The van der Waals surface area contributed by atoms with Crippen LogP contribution in [-0.4, -0.2) is 11.9 Å². The van der Waals surface area contributed by atoms with Gasteiger partial charge in [0.15, 0.2) is 0 Å². The molecule has 0 saturated carbocycles. The predicted molar refractivity (Wildman–Crippen MR) is 48.8 cm³/mol. The minimum absolute atomic E-state index is 0.295. The van der Waals surface area contributed by atoms with Crippen LogP contribution in [0.4, 0.5) is 0 Å². The summed E-state index contributed by atoms with van der Waals surface area (Å²) in [7, 11) is 0. The molecule has 1 atom stereocenters. The molecule has 0 heterocycles. The Morgan fingerprint density at radius 2 is 2.58 bits per heavy atom. The molecule has 0 aromatic rings. The molecule has 0 amide bonds. The van der Waals surface area contributed by atoms with E-state index in [9.17, 15) is 0 Å². The summed E-state index contributed by atoms with van der Waals surface area (Å²) in [5, 5.41) is 8.34. The van der Waals surface area contributed by atoms with E-state index in [2.05, 4.69) is 30.0 Å². The van der Waals surface area contributed by atoms with Gasteiger partial charge in [-0.1, -0.05) is 30.7 Å². The zero-order valence-electron chi connectivity index (χ0n) is 7.49. The van der Waals surface area contributed by atoms with Gasteiger partial charge in [0.2, 0.25) is 0 Å². The molecule has 0 fully saturated rings. The molecule has 0 radical (unpaired) electrons. The number of allylic oxidation sites excluding steroid dienone is 2. The molecule has 1 aliphatic rings. The summed E-state index contributed by atoms with van der Waals surface area (Å²) in [6, 6.07) is 0. The van der Waals surface area contributed by atoms with Crippen LogP contribution < -0.4 is 0 Å². The lowest BCUT2D eigenvalue weighted by Crippen LogP contribution is -2.11. The second-order valence-electron chi connectivity index (χ2n) is 3.06. The molecule has 0 spiro atoms. The van der Waals surface area contributed by atoms with Crippen LogP contribution in [0, 0.1) is 5.92 Å². The van der Waals surface area contributed by atoms with Crippen LogP contribution in [0.25, 0.3) is 0 Å². The van der Waals surface area contributed by atoms with Crippen molar-refractivity contribution >= 4 is 0 Å². The zero-order valence-corrected chi connectivity index (χ0v) is 7.49. The topological polar surface area (TPSA) is 29.5 Å².